The van der Waals surface area contributed by atoms with E-state index >= 15 is 0 Å². The van der Waals surface area contributed by atoms with E-state index in [2.05, 4.69) is 5.32 Å². The number of hydrogen-bond donors (Lipinski definition) is 1. The Labute approximate surface area is 239 Å². The fourth-order valence-corrected chi connectivity index (χ4v) is 6.47. The normalized spacial score (nSPS) is 14.5. The van der Waals surface area contributed by atoms with Crippen LogP contribution < -0.4 is 9.62 Å². The first-order valence-electron chi connectivity index (χ1n) is 12.8. The lowest BCUT2D eigenvalue weighted by Gasteiger charge is -2.32. The maximum atomic E-state index is 14.0. The van der Waals surface area contributed by atoms with Crippen LogP contribution in [0.4, 0.5) is 5.69 Å². The van der Waals surface area contributed by atoms with Gasteiger partial charge >= 0.3 is 0 Å². The van der Waals surface area contributed by atoms with Crippen molar-refractivity contribution in [1.29, 1.82) is 0 Å². The standard InChI is InChI=1S/C29H31Cl2N3O4S/c1-21(29(36)32-24-12-6-7-13-24)33(19-22-10-5-8-17-27(22)31)28(35)20-34(25-14-9-11-23(30)18-25)39(37,38)26-15-3-2-4-16-26/h2-5,8-11,14-18,21,24H,6-7,12-13,19-20H2,1H3,(H,32,36)/t21-/m0/s1. The van der Waals surface area contributed by atoms with Crippen molar-refractivity contribution in [2.75, 3.05) is 10.8 Å². The maximum Gasteiger partial charge on any atom is 0.264 e. The second kappa shape index (κ2) is 12.9. The molecule has 1 atom stereocenters. The van der Waals surface area contributed by atoms with Crippen LogP contribution in [0.3, 0.4) is 0 Å². The summed E-state index contributed by atoms with van der Waals surface area (Å²) in [5, 5.41) is 3.82. The number of halogens is 2. The topological polar surface area (TPSA) is 86.8 Å². The Bertz CT molecular complexity index is 1410. The maximum absolute atomic E-state index is 14.0. The van der Waals surface area contributed by atoms with E-state index in [0.717, 1.165) is 30.0 Å². The van der Waals surface area contributed by atoms with E-state index < -0.39 is 28.5 Å². The molecule has 1 fully saturated rings. The molecule has 4 rings (SSSR count). The second-order valence-corrected chi connectivity index (χ2v) is 12.3. The monoisotopic (exact) mass is 587 g/mol. The Morgan fingerprint density at radius 2 is 1.62 bits per heavy atom. The number of benzene rings is 3. The van der Waals surface area contributed by atoms with Gasteiger partial charge in [-0.05, 0) is 61.7 Å². The van der Waals surface area contributed by atoms with Gasteiger partial charge in [-0.3, -0.25) is 13.9 Å². The van der Waals surface area contributed by atoms with E-state index in [-0.39, 0.29) is 29.1 Å². The number of hydrogen-bond acceptors (Lipinski definition) is 4. The third kappa shape index (κ3) is 7.12. The Kier molecular flexibility index (Phi) is 9.53. The molecule has 0 spiro atoms. The van der Waals surface area contributed by atoms with Crippen molar-refractivity contribution < 1.29 is 18.0 Å². The van der Waals surface area contributed by atoms with Crippen molar-refractivity contribution in [3.63, 3.8) is 0 Å². The molecule has 1 N–H and O–H groups in total. The van der Waals surface area contributed by atoms with Gasteiger partial charge in [0.15, 0.2) is 0 Å². The van der Waals surface area contributed by atoms with Crippen molar-refractivity contribution in [2.45, 2.75) is 56.1 Å². The quantitative estimate of drug-likeness (QED) is 0.331. The molecule has 3 aromatic carbocycles. The zero-order chi connectivity index (χ0) is 28.0. The molecule has 7 nitrogen and oxygen atoms in total. The highest BCUT2D eigenvalue weighted by molar-refractivity contribution is 7.92. The van der Waals surface area contributed by atoms with Crippen molar-refractivity contribution in [3.05, 3.63) is 94.5 Å². The average Bonchev–Trinajstić information content (AvgIpc) is 3.44. The van der Waals surface area contributed by atoms with Gasteiger partial charge in [0.1, 0.15) is 12.6 Å². The summed E-state index contributed by atoms with van der Waals surface area (Å²) >= 11 is 12.6. The van der Waals surface area contributed by atoms with Crippen LogP contribution in [0.1, 0.15) is 38.2 Å². The molecule has 1 saturated carbocycles. The molecule has 0 unspecified atom stereocenters. The molecule has 0 heterocycles. The zero-order valence-corrected chi connectivity index (χ0v) is 23.9. The number of nitrogens with zero attached hydrogens (tertiary/aromatic N) is 2. The van der Waals surface area contributed by atoms with Crippen molar-refractivity contribution >= 4 is 50.7 Å². The lowest BCUT2D eigenvalue weighted by atomic mass is 10.1. The predicted molar refractivity (Wildman–Crippen MR) is 154 cm³/mol. The number of amides is 2. The van der Waals surface area contributed by atoms with Gasteiger partial charge in [-0.15, -0.1) is 0 Å². The third-order valence-corrected chi connectivity index (χ3v) is 9.27. The first-order valence-corrected chi connectivity index (χ1v) is 15.0. The lowest BCUT2D eigenvalue weighted by molar-refractivity contribution is -0.139. The highest BCUT2D eigenvalue weighted by Crippen LogP contribution is 2.27. The number of nitrogens with one attached hydrogen (secondary N) is 1. The number of carbonyl (C=O) groups is 2. The van der Waals surface area contributed by atoms with Crippen molar-refractivity contribution in [2.24, 2.45) is 0 Å². The highest BCUT2D eigenvalue weighted by Gasteiger charge is 2.33. The lowest BCUT2D eigenvalue weighted by Crippen LogP contribution is -2.52. The Morgan fingerprint density at radius 1 is 0.949 bits per heavy atom. The summed E-state index contributed by atoms with van der Waals surface area (Å²) < 4.78 is 28.5. The van der Waals surface area contributed by atoms with Crippen LogP contribution in [0.15, 0.2) is 83.8 Å². The summed E-state index contributed by atoms with van der Waals surface area (Å²) in [4.78, 5) is 28.6. The molecule has 0 aliphatic heterocycles. The van der Waals surface area contributed by atoms with Gasteiger partial charge in [0, 0.05) is 22.6 Å². The minimum Gasteiger partial charge on any atom is -0.352 e. The Balaban J connectivity index is 1.69. The van der Waals surface area contributed by atoms with Gasteiger partial charge in [-0.1, -0.05) is 78.5 Å². The molecular formula is C29H31Cl2N3O4S. The van der Waals surface area contributed by atoms with Gasteiger partial charge in [-0.2, -0.15) is 0 Å². The number of anilines is 1. The van der Waals surface area contributed by atoms with Gasteiger partial charge in [0.25, 0.3) is 10.0 Å². The van der Waals surface area contributed by atoms with Crippen LogP contribution in [0.25, 0.3) is 0 Å². The van der Waals surface area contributed by atoms with Crippen LogP contribution in [0, 0.1) is 0 Å². The first-order chi connectivity index (χ1) is 18.7. The molecule has 2 amide bonds. The number of sulfonamides is 1. The van der Waals surface area contributed by atoms with Crippen molar-refractivity contribution in [3.8, 4) is 0 Å². The van der Waals surface area contributed by atoms with E-state index in [1.54, 1.807) is 67.6 Å². The second-order valence-electron chi connectivity index (χ2n) is 9.58. The fourth-order valence-electron chi connectivity index (χ4n) is 4.66. The summed E-state index contributed by atoms with van der Waals surface area (Å²) in [5.41, 5.74) is 0.883. The molecule has 1 aliphatic carbocycles. The van der Waals surface area contributed by atoms with Crippen LogP contribution in [0.2, 0.25) is 10.0 Å². The molecule has 3 aromatic rings. The molecule has 39 heavy (non-hydrogen) atoms. The molecule has 0 radical (unpaired) electrons. The van der Waals surface area contributed by atoms with Gasteiger partial charge in [0.05, 0.1) is 10.6 Å². The van der Waals surface area contributed by atoms with Crippen molar-refractivity contribution in [1.82, 2.24) is 10.2 Å². The summed E-state index contributed by atoms with van der Waals surface area (Å²) in [6.45, 7) is 1.14. The number of carbonyl (C=O) groups excluding carboxylic acids is 2. The molecule has 206 valence electrons. The van der Waals surface area contributed by atoms with E-state index in [1.165, 1.54) is 23.1 Å². The van der Waals surface area contributed by atoms with E-state index in [1.807, 2.05) is 0 Å². The number of rotatable bonds is 10. The van der Waals surface area contributed by atoms with Crippen LogP contribution in [-0.2, 0) is 26.2 Å². The van der Waals surface area contributed by atoms with Crippen LogP contribution >= 0.6 is 23.2 Å². The molecule has 0 aromatic heterocycles. The smallest absolute Gasteiger partial charge is 0.264 e. The summed E-state index contributed by atoms with van der Waals surface area (Å²) in [5.74, 6) is -0.842. The molecular weight excluding hydrogens is 557 g/mol. The van der Waals surface area contributed by atoms with Crippen LogP contribution in [0.5, 0.6) is 0 Å². The zero-order valence-electron chi connectivity index (χ0n) is 21.6. The van der Waals surface area contributed by atoms with E-state index in [4.69, 9.17) is 23.2 Å². The third-order valence-electron chi connectivity index (χ3n) is 6.87. The molecule has 10 heteroatoms. The summed E-state index contributed by atoms with van der Waals surface area (Å²) in [6, 6.07) is 20.5. The van der Waals surface area contributed by atoms with Gasteiger partial charge in [-0.25, -0.2) is 8.42 Å². The van der Waals surface area contributed by atoms with E-state index in [9.17, 15) is 18.0 Å². The average molecular weight is 589 g/mol. The minimum absolute atomic E-state index is 0.0301. The van der Waals surface area contributed by atoms with E-state index in [0.29, 0.717) is 15.6 Å². The Morgan fingerprint density at radius 3 is 2.28 bits per heavy atom. The minimum atomic E-state index is -4.14. The SMILES string of the molecule is C[C@@H](C(=O)NC1CCCC1)N(Cc1ccccc1Cl)C(=O)CN(c1cccc(Cl)c1)S(=O)(=O)c1ccccc1. The largest absolute Gasteiger partial charge is 0.352 e. The predicted octanol–water partition coefficient (Wildman–Crippen LogP) is 5.66. The summed E-state index contributed by atoms with van der Waals surface area (Å²) in [6.07, 6.45) is 3.89. The van der Waals surface area contributed by atoms with Crippen LogP contribution in [-0.4, -0.2) is 43.8 Å². The fraction of sp³-hybridized carbons (Fsp3) is 0.310. The highest BCUT2D eigenvalue weighted by atomic mass is 35.5. The molecule has 0 saturated heterocycles. The molecule has 1 aliphatic rings. The summed E-state index contributed by atoms with van der Waals surface area (Å²) in [7, 11) is -4.14. The first kappa shape index (κ1) is 28.9. The molecule has 0 bridgehead atoms. The van der Waals surface area contributed by atoms with Gasteiger partial charge in [0.2, 0.25) is 11.8 Å². The van der Waals surface area contributed by atoms with Gasteiger partial charge < -0.3 is 10.2 Å². The Hall–Kier alpha value is -3.07.